The van der Waals surface area contributed by atoms with Crippen LogP contribution in [0.1, 0.15) is 41.9 Å². The molecule has 2 saturated heterocycles. The molecule has 5 heteroatoms. The zero-order valence-corrected chi connectivity index (χ0v) is 20.8. The number of hydrogen-bond donors (Lipinski definition) is 0. The minimum Gasteiger partial charge on any atom is -0.342 e. The van der Waals surface area contributed by atoms with Gasteiger partial charge in [-0.3, -0.25) is 9.59 Å². The zero-order valence-electron chi connectivity index (χ0n) is 20.0. The first-order valence-electron chi connectivity index (χ1n) is 12.5. The Kier molecular flexibility index (Phi) is 7.24. The normalized spacial score (nSPS) is 17.2. The summed E-state index contributed by atoms with van der Waals surface area (Å²) in [7, 11) is 0. The summed E-state index contributed by atoms with van der Waals surface area (Å²) >= 11 is 1.91. The van der Waals surface area contributed by atoms with Crippen LogP contribution in [0.3, 0.4) is 0 Å². The Bertz CT molecular complexity index is 1090. The molecule has 0 bridgehead atoms. The van der Waals surface area contributed by atoms with Crippen LogP contribution in [-0.2, 0) is 16.0 Å². The van der Waals surface area contributed by atoms with Gasteiger partial charge in [-0.1, -0.05) is 91.0 Å². The van der Waals surface area contributed by atoms with Crippen LogP contribution in [-0.4, -0.2) is 51.9 Å². The molecule has 0 N–H and O–H groups in total. The largest absolute Gasteiger partial charge is 0.342 e. The molecule has 1 spiro atoms. The van der Waals surface area contributed by atoms with Crippen LogP contribution in [0.5, 0.6) is 0 Å². The van der Waals surface area contributed by atoms with E-state index in [1.807, 2.05) is 95.5 Å². The quantitative estimate of drug-likeness (QED) is 0.474. The van der Waals surface area contributed by atoms with Crippen molar-refractivity contribution in [1.29, 1.82) is 0 Å². The summed E-state index contributed by atoms with van der Waals surface area (Å²) in [6.45, 7) is 2.18. The number of hydrogen-bond acceptors (Lipinski definition) is 3. The molecule has 0 saturated carbocycles. The Balaban J connectivity index is 1.27. The average molecular weight is 485 g/mol. The second-order valence-electron chi connectivity index (χ2n) is 9.41. The molecule has 2 amide bonds. The first-order chi connectivity index (χ1) is 17.2. The number of benzene rings is 3. The lowest BCUT2D eigenvalue weighted by atomic mass is 9.89. The van der Waals surface area contributed by atoms with Crippen molar-refractivity contribution in [3.63, 3.8) is 0 Å². The average Bonchev–Trinajstić information content (AvgIpc) is 3.32. The summed E-state index contributed by atoms with van der Waals surface area (Å²) in [5, 5.41) is 0. The van der Waals surface area contributed by atoms with E-state index in [0.717, 1.165) is 42.7 Å². The highest BCUT2D eigenvalue weighted by atomic mass is 32.2. The van der Waals surface area contributed by atoms with Gasteiger partial charge in [-0.2, -0.15) is 0 Å². The van der Waals surface area contributed by atoms with Gasteiger partial charge in [-0.25, -0.2) is 0 Å². The standard InChI is InChI=1S/C30H32N2O2S/c33-27(17-16-24-10-4-1-5-11-24)32-22-23-35-30(32)18-20-31(21-19-30)29(34)28(25-12-6-2-7-13-25)26-14-8-3-9-15-26/h1-15,28H,16-23H2. The number of piperidine rings is 1. The summed E-state index contributed by atoms with van der Waals surface area (Å²) in [5.74, 6) is 1.07. The van der Waals surface area contributed by atoms with E-state index in [1.165, 1.54) is 5.56 Å². The molecule has 0 unspecified atom stereocenters. The third kappa shape index (κ3) is 5.15. The van der Waals surface area contributed by atoms with Crippen molar-refractivity contribution in [2.75, 3.05) is 25.4 Å². The SMILES string of the molecule is O=C(C(c1ccccc1)c1ccccc1)N1CCC2(CC1)SCCN2C(=O)CCc1ccccc1. The molecule has 2 aliphatic heterocycles. The lowest BCUT2D eigenvalue weighted by molar-refractivity contribution is -0.137. The first-order valence-corrected chi connectivity index (χ1v) is 13.5. The number of likely N-dealkylation sites (tertiary alicyclic amines) is 1. The number of carbonyl (C=O) groups excluding carboxylic acids is 2. The predicted molar refractivity (Wildman–Crippen MR) is 142 cm³/mol. The van der Waals surface area contributed by atoms with Gasteiger partial charge in [0, 0.05) is 31.8 Å². The summed E-state index contributed by atoms with van der Waals surface area (Å²) < 4.78 is 0. The molecule has 5 rings (SSSR count). The van der Waals surface area contributed by atoms with E-state index in [9.17, 15) is 9.59 Å². The molecule has 4 nitrogen and oxygen atoms in total. The molecule has 0 aliphatic carbocycles. The third-order valence-electron chi connectivity index (χ3n) is 7.32. The van der Waals surface area contributed by atoms with Crippen LogP contribution in [0.4, 0.5) is 0 Å². The fraction of sp³-hybridized carbons (Fsp3) is 0.333. The Morgan fingerprint density at radius 3 is 1.89 bits per heavy atom. The van der Waals surface area contributed by atoms with E-state index in [2.05, 4.69) is 17.0 Å². The summed E-state index contributed by atoms with van der Waals surface area (Å²) in [5.41, 5.74) is 3.25. The Labute approximate surface area is 212 Å². The fourth-order valence-electron chi connectivity index (χ4n) is 5.43. The Morgan fingerprint density at radius 1 is 0.771 bits per heavy atom. The number of aryl methyl sites for hydroxylation is 1. The van der Waals surface area contributed by atoms with Crippen LogP contribution in [0.15, 0.2) is 91.0 Å². The molecule has 0 atom stereocenters. The molecule has 3 aromatic rings. The van der Waals surface area contributed by atoms with E-state index in [1.54, 1.807) is 0 Å². The number of amides is 2. The highest BCUT2D eigenvalue weighted by Crippen LogP contribution is 2.44. The van der Waals surface area contributed by atoms with E-state index in [0.29, 0.717) is 19.5 Å². The smallest absolute Gasteiger partial charge is 0.234 e. The van der Waals surface area contributed by atoms with E-state index < -0.39 is 0 Å². The van der Waals surface area contributed by atoms with Gasteiger partial charge in [0.2, 0.25) is 11.8 Å². The van der Waals surface area contributed by atoms with Gasteiger partial charge in [0.25, 0.3) is 0 Å². The van der Waals surface area contributed by atoms with Crippen LogP contribution in [0.25, 0.3) is 0 Å². The molecule has 2 heterocycles. The lowest BCUT2D eigenvalue weighted by Gasteiger charge is -2.44. The van der Waals surface area contributed by atoms with Gasteiger partial charge in [0.15, 0.2) is 0 Å². The molecular weight excluding hydrogens is 452 g/mol. The number of thioether (sulfide) groups is 1. The molecule has 3 aromatic carbocycles. The minimum absolute atomic E-state index is 0.155. The van der Waals surface area contributed by atoms with Crippen molar-refractivity contribution in [3.05, 3.63) is 108 Å². The molecule has 2 aliphatic rings. The second-order valence-corrected chi connectivity index (χ2v) is 10.9. The van der Waals surface area contributed by atoms with Crippen molar-refractivity contribution in [2.24, 2.45) is 0 Å². The number of rotatable bonds is 6. The van der Waals surface area contributed by atoms with Crippen LogP contribution in [0, 0.1) is 0 Å². The van der Waals surface area contributed by atoms with Gasteiger partial charge < -0.3 is 9.80 Å². The molecular formula is C30H32N2O2S. The Hall–Kier alpha value is -3.05. The monoisotopic (exact) mass is 484 g/mol. The fourth-order valence-corrected chi connectivity index (χ4v) is 6.91. The van der Waals surface area contributed by atoms with Crippen LogP contribution >= 0.6 is 11.8 Å². The van der Waals surface area contributed by atoms with Crippen LogP contribution in [0.2, 0.25) is 0 Å². The van der Waals surface area contributed by atoms with Crippen LogP contribution < -0.4 is 0 Å². The van der Waals surface area contributed by atoms with E-state index in [-0.39, 0.29) is 22.6 Å². The van der Waals surface area contributed by atoms with Crippen molar-refractivity contribution in [3.8, 4) is 0 Å². The molecule has 2 fully saturated rings. The second kappa shape index (κ2) is 10.7. The molecule has 0 aromatic heterocycles. The topological polar surface area (TPSA) is 40.6 Å². The number of nitrogens with zero attached hydrogens (tertiary/aromatic N) is 2. The summed E-state index contributed by atoms with van der Waals surface area (Å²) in [6, 6.07) is 30.4. The Morgan fingerprint density at radius 2 is 1.31 bits per heavy atom. The van der Waals surface area contributed by atoms with Crippen molar-refractivity contribution >= 4 is 23.6 Å². The lowest BCUT2D eigenvalue weighted by Crippen LogP contribution is -2.54. The minimum atomic E-state index is -0.300. The zero-order chi connectivity index (χ0) is 24.1. The highest BCUT2D eigenvalue weighted by molar-refractivity contribution is 8.00. The maximum absolute atomic E-state index is 13.8. The van der Waals surface area contributed by atoms with E-state index >= 15 is 0 Å². The summed E-state index contributed by atoms with van der Waals surface area (Å²) in [6.07, 6.45) is 2.98. The van der Waals surface area contributed by atoms with Gasteiger partial charge in [-0.05, 0) is 36.0 Å². The highest BCUT2D eigenvalue weighted by Gasteiger charge is 2.47. The molecule has 0 radical (unpaired) electrons. The number of carbonyl (C=O) groups is 2. The van der Waals surface area contributed by atoms with Gasteiger partial charge in [0.05, 0.1) is 10.8 Å². The first kappa shape index (κ1) is 23.7. The predicted octanol–water partition coefficient (Wildman–Crippen LogP) is 5.35. The van der Waals surface area contributed by atoms with E-state index in [4.69, 9.17) is 0 Å². The van der Waals surface area contributed by atoms with Gasteiger partial charge in [0.1, 0.15) is 0 Å². The van der Waals surface area contributed by atoms with Crippen molar-refractivity contribution < 1.29 is 9.59 Å². The summed E-state index contributed by atoms with van der Waals surface area (Å²) in [4.78, 5) is 31.0. The van der Waals surface area contributed by atoms with Crippen molar-refractivity contribution in [2.45, 2.75) is 36.5 Å². The maximum atomic E-state index is 13.8. The third-order valence-corrected chi connectivity index (χ3v) is 8.87. The maximum Gasteiger partial charge on any atom is 0.234 e. The van der Waals surface area contributed by atoms with Gasteiger partial charge in [-0.15, -0.1) is 11.8 Å². The van der Waals surface area contributed by atoms with Gasteiger partial charge >= 0.3 is 0 Å². The molecule has 180 valence electrons. The molecule has 35 heavy (non-hydrogen) atoms. The van der Waals surface area contributed by atoms with Crippen molar-refractivity contribution in [1.82, 2.24) is 9.80 Å².